The van der Waals surface area contributed by atoms with Crippen LogP contribution in [0.25, 0.3) is 0 Å². The summed E-state index contributed by atoms with van der Waals surface area (Å²) in [5.41, 5.74) is 0. The van der Waals surface area contributed by atoms with Crippen molar-refractivity contribution in [1.82, 2.24) is 4.90 Å². The van der Waals surface area contributed by atoms with Gasteiger partial charge < -0.3 is 9.32 Å². The maximum atomic E-state index is 12.0. The highest BCUT2D eigenvalue weighted by Crippen LogP contribution is 2.20. The third kappa shape index (κ3) is 2.85. The molecule has 0 aliphatic carbocycles. The van der Waals surface area contributed by atoms with Gasteiger partial charge in [-0.3, -0.25) is 4.79 Å². The van der Waals surface area contributed by atoms with Crippen molar-refractivity contribution < 1.29 is 17.6 Å². The molecule has 1 atom stereocenters. The van der Waals surface area contributed by atoms with Crippen molar-refractivity contribution in [3.63, 3.8) is 0 Å². The lowest BCUT2D eigenvalue weighted by Gasteiger charge is -2.30. The largest absolute Gasteiger partial charge is 0.440 e. The summed E-state index contributed by atoms with van der Waals surface area (Å²) in [6.07, 6.45) is 1.07. The van der Waals surface area contributed by atoms with E-state index in [1.165, 1.54) is 17.0 Å². The van der Waals surface area contributed by atoms with E-state index >= 15 is 0 Å². The predicted octanol–water partition coefficient (Wildman–Crippen LogP) is 0.826. The van der Waals surface area contributed by atoms with Crippen LogP contribution in [0.5, 0.6) is 0 Å². The molecule has 0 spiro atoms. The van der Waals surface area contributed by atoms with Crippen LogP contribution >= 0.6 is 11.6 Å². The van der Waals surface area contributed by atoms with Gasteiger partial charge in [-0.05, 0) is 36.6 Å². The quantitative estimate of drug-likeness (QED) is 0.873. The predicted molar refractivity (Wildman–Crippen MR) is 65.8 cm³/mol. The SMILES string of the molecule is NS(=O)(=O)C1CCCN(C(=O)c2ccc(Cl)o2)C1. The first-order valence-corrected chi connectivity index (χ1v) is 7.43. The zero-order chi connectivity index (χ0) is 13.3. The van der Waals surface area contributed by atoms with Crippen molar-refractivity contribution in [2.24, 2.45) is 5.14 Å². The van der Waals surface area contributed by atoms with Crippen molar-refractivity contribution in [1.29, 1.82) is 0 Å². The average Bonchev–Trinajstić information content (AvgIpc) is 2.74. The van der Waals surface area contributed by atoms with Crippen LogP contribution in [0.4, 0.5) is 0 Å². The van der Waals surface area contributed by atoms with E-state index in [1.54, 1.807) is 0 Å². The van der Waals surface area contributed by atoms with Gasteiger partial charge in [-0.1, -0.05) is 0 Å². The summed E-state index contributed by atoms with van der Waals surface area (Å²) >= 11 is 5.59. The summed E-state index contributed by atoms with van der Waals surface area (Å²) in [5.74, 6) is -0.259. The fraction of sp³-hybridized carbons (Fsp3) is 0.500. The number of piperidine rings is 1. The molecule has 0 saturated carbocycles. The fourth-order valence-electron chi connectivity index (χ4n) is 1.98. The third-order valence-corrected chi connectivity index (χ3v) is 4.43. The third-order valence-electron chi connectivity index (χ3n) is 2.91. The highest BCUT2D eigenvalue weighted by atomic mass is 35.5. The van der Waals surface area contributed by atoms with E-state index in [9.17, 15) is 13.2 Å². The van der Waals surface area contributed by atoms with E-state index in [0.717, 1.165) is 0 Å². The lowest BCUT2D eigenvalue weighted by Crippen LogP contribution is -2.46. The van der Waals surface area contributed by atoms with E-state index in [0.29, 0.717) is 19.4 Å². The summed E-state index contributed by atoms with van der Waals surface area (Å²) in [6.45, 7) is 0.582. The average molecular weight is 293 g/mol. The van der Waals surface area contributed by atoms with Crippen LogP contribution in [-0.2, 0) is 10.0 Å². The van der Waals surface area contributed by atoms with Crippen molar-refractivity contribution >= 4 is 27.5 Å². The second-order valence-electron chi connectivity index (χ2n) is 4.21. The molecule has 1 amide bonds. The van der Waals surface area contributed by atoms with Crippen molar-refractivity contribution in [3.05, 3.63) is 23.1 Å². The van der Waals surface area contributed by atoms with Gasteiger partial charge in [-0.15, -0.1) is 0 Å². The molecule has 2 rings (SSSR count). The molecule has 2 N–H and O–H groups in total. The van der Waals surface area contributed by atoms with Crippen molar-refractivity contribution in [3.8, 4) is 0 Å². The monoisotopic (exact) mass is 292 g/mol. The maximum Gasteiger partial charge on any atom is 0.289 e. The first kappa shape index (κ1) is 13.4. The van der Waals surface area contributed by atoms with Gasteiger partial charge in [0.25, 0.3) is 5.91 Å². The summed E-state index contributed by atoms with van der Waals surface area (Å²) in [6, 6.07) is 2.93. The molecule has 0 radical (unpaired) electrons. The van der Waals surface area contributed by atoms with Crippen LogP contribution in [-0.4, -0.2) is 37.6 Å². The number of likely N-dealkylation sites (tertiary alicyclic amines) is 1. The Labute approximate surface area is 110 Å². The molecule has 1 aliphatic rings. The molecule has 1 aromatic heterocycles. The normalized spacial score (nSPS) is 21.0. The van der Waals surface area contributed by atoms with Crippen LogP contribution in [0.3, 0.4) is 0 Å². The molecule has 8 heteroatoms. The van der Waals surface area contributed by atoms with Crippen LogP contribution in [0.15, 0.2) is 16.5 Å². The highest BCUT2D eigenvalue weighted by Gasteiger charge is 2.31. The molecule has 6 nitrogen and oxygen atoms in total. The lowest BCUT2D eigenvalue weighted by atomic mass is 10.1. The van der Waals surface area contributed by atoms with Crippen LogP contribution in [0.1, 0.15) is 23.4 Å². The number of nitrogens with two attached hydrogens (primary N) is 1. The van der Waals surface area contributed by atoms with E-state index in [2.05, 4.69) is 0 Å². The smallest absolute Gasteiger partial charge is 0.289 e. The molecule has 2 heterocycles. The first-order chi connectivity index (χ1) is 8.38. The number of halogens is 1. The standard InChI is InChI=1S/C10H13ClN2O4S/c11-9-4-3-8(17-9)10(14)13-5-1-2-7(6-13)18(12,15)16/h3-4,7H,1-2,5-6H2,(H2,12,15,16). The number of hydrogen-bond acceptors (Lipinski definition) is 4. The second kappa shape index (κ2) is 4.91. The number of hydrogen-bond donors (Lipinski definition) is 1. The van der Waals surface area contributed by atoms with Crippen LogP contribution < -0.4 is 5.14 Å². The zero-order valence-corrected chi connectivity index (χ0v) is 11.1. The number of sulfonamides is 1. The summed E-state index contributed by atoms with van der Waals surface area (Å²) in [5, 5.41) is 4.52. The van der Waals surface area contributed by atoms with E-state index < -0.39 is 15.3 Å². The van der Waals surface area contributed by atoms with Gasteiger partial charge in [-0.2, -0.15) is 0 Å². The second-order valence-corrected chi connectivity index (χ2v) is 6.43. The van der Waals surface area contributed by atoms with Gasteiger partial charge in [0, 0.05) is 13.1 Å². The minimum atomic E-state index is -3.62. The Kier molecular flexibility index (Phi) is 3.65. The van der Waals surface area contributed by atoms with Gasteiger partial charge in [0.15, 0.2) is 11.0 Å². The maximum absolute atomic E-state index is 12.0. The Morgan fingerprint density at radius 2 is 2.22 bits per heavy atom. The van der Waals surface area contributed by atoms with Gasteiger partial charge in [0.05, 0.1) is 5.25 Å². The van der Waals surface area contributed by atoms with E-state index in [1.807, 2.05) is 0 Å². The van der Waals surface area contributed by atoms with Crippen molar-refractivity contribution in [2.45, 2.75) is 18.1 Å². The van der Waals surface area contributed by atoms with Gasteiger partial charge in [0.1, 0.15) is 0 Å². The van der Waals surface area contributed by atoms with Crippen LogP contribution in [0, 0.1) is 0 Å². The fourth-order valence-corrected chi connectivity index (χ4v) is 3.00. The number of furan rings is 1. The Balaban J connectivity index is 2.12. The number of nitrogens with zero attached hydrogens (tertiary/aromatic N) is 1. The van der Waals surface area contributed by atoms with Gasteiger partial charge >= 0.3 is 0 Å². The van der Waals surface area contributed by atoms with Gasteiger partial charge in [0.2, 0.25) is 10.0 Å². The van der Waals surface area contributed by atoms with E-state index in [-0.39, 0.29) is 23.4 Å². The zero-order valence-electron chi connectivity index (χ0n) is 9.50. The summed E-state index contributed by atoms with van der Waals surface area (Å²) in [4.78, 5) is 13.4. The van der Waals surface area contributed by atoms with E-state index in [4.69, 9.17) is 21.2 Å². The van der Waals surface area contributed by atoms with Gasteiger partial charge in [-0.25, -0.2) is 13.6 Å². The number of carbonyl (C=O) groups is 1. The number of primary sulfonamides is 1. The highest BCUT2D eigenvalue weighted by molar-refractivity contribution is 7.89. The molecule has 0 bridgehead atoms. The molecule has 1 saturated heterocycles. The molecule has 1 unspecified atom stereocenters. The first-order valence-electron chi connectivity index (χ1n) is 5.44. The Hall–Kier alpha value is -1.05. The van der Waals surface area contributed by atoms with Crippen molar-refractivity contribution in [2.75, 3.05) is 13.1 Å². The lowest BCUT2D eigenvalue weighted by molar-refractivity contribution is 0.0695. The Morgan fingerprint density at radius 3 is 2.78 bits per heavy atom. The minimum Gasteiger partial charge on any atom is -0.440 e. The molecule has 1 aromatic rings. The molecule has 100 valence electrons. The minimum absolute atomic E-state index is 0.0932. The molecule has 1 aliphatic heterocycles. The summed E-state index contributed by atoms with van der Waals surface area (Å²) < 4.78 is 27.6. The molecular formula is C10H13ClN2O4S. The van der Waals surface area contributed by atoms with Crippen LogP contribution in [0.2, 0.25) is 5.22 Å². The topological polar surface area (TPSA) is 93.6 Å². The number of rotatable bonds is 2. The number of amides is 1. The Bertz CT molecular complexity index is 554. The molecule has 0 aromatic carbocycles. The molecule has 18 heavy (non-hydrogen) atoms. The number of carbonyl (C=O) groups excluding carboxylic acids is 1. The Morgan fingerprint density at radius 1 is 1.50 bits per heavy atom. The molecular weight excluding hydrogens is 280 g/mol. The molecule has 1 fully saturated rings. The summed E-state index contributed by atoms with van der Waals surface area (Å²) in [7, 11) is -3.62.